The number of hydroxylamine groups is 1. The van der Waals surface area contributed by atoms with E-state index in [2.05, 4.69) is 21.6 Å². The Bertz CT molecular complexity index is 227. The summed E-state index contributed by atoms with van der Waals surface area (Å²) in [4.78, 5) is 25.8. The maximum Gasteiger partial charge on any atom is 0.334 e. The van der Waals surface area contributed by atoms with Crippen molar-refractivity contribution in [2.24, 2.45) is 5.73 Å². The maximum absolute atomic E-state index is 11.0. The molecule has 0 radical (unpaired) electrons. The highest BCUT2D eigenvalue weighted by atomic mass is 16.6. The number of hydrogen-bond acceptors (Lipinski definition) is 5. The van der Waals surface area contributed by atoms with Gasteiger partial charge < -0.3 is 10.5 Å². The topological polar surface area (TPSA) is 90.6 Å². The van der Waals surface area contributed by atoms with Gasteiger partial charge in [-0.2, -0.15) is 5.48 Å². The highest BCUT2D eigenvalue weighted by Gasteiger charge is 2.06. The third-order valence-corrected chi connectivity index (χ3v) is 1.17. The van der Waals surface area contributed by atoms with Crippen LogP contribution in [0.1, 0.15) is 6.92 Å². The fourth-order valence-electron chi connectivity index (χ4n) is 0.566. The monoisotopic (exact) mass is 202 g/mol. The Morgan fingerprint density at radius 2 is 2.14 bits per heavy atom. The number of esters is 1. The minimum atomic E-state index is -0.598. The molecule has 1 amide bonds. The number of primary amides is 1. The van der Waals surface area contributed by atoms with Crippen molar-refractivity contribution in [2.45, 2.75) is 6.92 Å². The van der Waals surface area contributed by atoms with E-state index in [0.717, 1.165) is 0 Å². The van der Waals surface area contributed by atoms with Gasteiger partial charge in [-0.1, -0.05) is 6.58 Å². The molecule has 6 heteroatoms. The molecule has 0 aliphatic rings. The van der Waals surface area contributed by atoms with Crippen LogP contribution in [0.5, 0.6) is 0 Å². The summed E-state index contributed by atoms with van der Waals surface area (Å²) < 4.78 is 4.66. The van der Waals surface area contributed by atoms with Crippen LogP contribution in [0.15, 0.2) is 12.2 Å². The third kappa shape index (κ3) is 6.15. The molecule has 0 spiro atoms. The van der Waals surface area contributed by atoms with Crippen molar-refractivity contribution in [1.29, 1.82) is 0 Å². The molecule has 0 fully saturated rings. The molecule has 3 N–H and O–H groups in total. The van der Waals surface area contributed by atoms with Crippen molar-refractivity contribution in [1.82, 2.24) is 5.48 Å². The Labute approximate surface area is 82.0 Å². The first-order chi connectivity index (χ1) is 6.57. The lowest BCUT2D eigenvalue weighted by Gasteiger charge is -2.06. The van der Waals surface area contributed by atoms with E-state index in [4.69, 9.17) is 5.73 Å². The van der Waals surface area contributed by atoms with Gasteiger partial charge in [0.25, 0.3) is 0 Å². The van der Waals surface area contributed by atoms with Crippen LogP contribution in [0.25, 0.3) is 0 Å². The number of ether oxygens (including phenoxy) is 1. The zero-order valence-electron chi connectivity index (χ0n) is 8.04. The van der Waals surface area contributed by atoms with Gasteiger partial charge in [-0.25, -0.2) is 4.79 Å². The van der Waals surface area contributed by atoms with E-state index in [1.807, 2.05) is 0 Å². The molecule has 0 aromatic carbocycles. The highest BCUT2D eigenvalue weighted by molar-refractivity contribution is 5.88. The SMILES string of the molecule is C=C(CNOCC(N)=O)C(=O)OCC. The first kappa shape index (κ1) is 12.6. The standard InChI is InChI=1S/C8H14N2O4/c1-3-13-8(12)6(2)4-10-14-5-7(9)11/h10H,2-5H2,1H3,(H2,9,11). The summed E-state index contributed by atoms with van der Waals surface area (Å²) in [5.41, 5.74) is 7.37. The van der Waals surface area contributed by atoms with Crippen LogP contribution in [-0.4, -0.2) is 31.6 Å². The van der Waals surface area contributed by atoms with E-state index in [1.54, 1.807) is 6.92 Å². The van der Waals surface area contributed by atoms with Gasteiger partial charge in [-0.3, -0.25) is 9.63 Å². The van der Waals surface area contributed by atoms with Crippen LogP contribution in [0.3, 0.4) is 0 Å². The number of carbonyl (C=O) groups excluding carboxylic acids is 2. The summed E-state index contributed by atoms with van der Waals surface area (Å²) in [7, 11) is 0. The Hall–Kier alpha value is -1.40. The number of amides is 1. The maximum atomic E-state index is 11.0. The summed E-state index contributed by atoms with van der Waals surface area (Å²) in [6.45, 7) is 5.28. The lowest BCUT2D eigenvalue weighted by atomic mass is 10.3. The summed E-state index contributed by atoms with van der Waals surface area (Å²) >= 11 is 0. The zero-order chi connectivity index (χ0) is 11.0. The second kappa shape index (κ2) is 7.05. The first-order valence-corrected chi connectivity index (χ1v) is 4.05. The molecular formula is C8H14N2O4. The minimum absolute atomic E-state index is 0.0894. The highest BCUT2D eigenvalue weighted by Crippen LogP contribution is 1.92. The quantitative estimate of drug-likeness (QED) is 0.242. The van der Waals surface area contributed by atoms with Gasteiger partial charge >= 0.3 is 5.97 Å². The van der Waals surface area contributed by atoms with Crippen LogP contribution < -0.4 is 11.2 Å². The third-order valence-electron chi connectivity index (χ3n) is 1.17. The average molecular weight is 202 g/mol. The van der Waals surface area contributed by atoms with Gasteiger partial charge in [0.05, 0.1) is 13.2 Å². The van der Waals surface area contributed by atoms with E-state index in [-0.39, 0.29) is 18.7 Å². The Morgan fingerprint density at radius 3 is 2.64 bits per heavy atom. The molecule has 0 saturated carbocycles. The summed E-state index contributed by atoms with van der Waals surface area (Å²) in [6, 6.07) is 0. The normalized spacial score (nSPS) is 9.50. The summed E-state index contributed by atoms with van der Waals surface area (Å²) in [5.74, 6) is -1.10. The predicted molar refractivity (Wildman–Crippen MR) is 48.9 cm³/mol. The van der Waals surface area contributed by atoms with Crippen LogP contribution in [0.2, 0.25) is 0 Å². The zero-order valence-corrected chi connectivity index (χ0v) is 8.04. The van der Waals surface area contributed by atoms with Gasteiger partial charge in [0, 0.05) is 5.57 Å². The lowest BCUT2D eigenvalue weighted by molar-refractivity contribution is -0.138. The van der Waals surface area contributed by atoms with Crippen molar-refractivity contribution >= 4 is 11.9 Å². The van der Waals surface area contributed by atoms with Crippen LogP contribution in [0, 0.1) is 0 Å². The molecule has 14 heavy (non-hydrogen) atoms. The molecule has 0 aliphatic heterocycles. The fourth-order valence-corrected chi connectivity index (χ4v) is 0.566. The Kier molecular flexibility index (Phi) is 6.34. The van der Waals surface area contributed by atoms with E-state index in [9.17, 15) is 9.59 Å². The number of carbonyl (C=O) groups is 2. The Morgan fingerprint density at radius 1 is 1.50 bits per heavy atom. The van der Waals surface area contributed by atoms with Gasteiger partial charge in [0.1, 0.15) is 6.61 Å². The van der Waals surface area contributed by atoms with Crippen LogP contribution in [0.4, 0.5) is 0 Å². The van der Waals surface area contributed by atoms with Crippen molar-refractivity contribution < 1.29 is 19.2 Å². The van der Waals surface area contributed by atoms with E-state index in [1.165, 1.54) is 0 Å². The van der Waals surface area contributed by atoms with Gasteiger partial charge in [0.2, 0.25) is 5.91 Å². The number of nitrogens with one attached hydrogen (secondary N) is 1. The van der Waals surface area contributed by atoms with E-state index >= 15 is 0 Å². The van der Waals surface area contributed by atoms with Crippen molar-refractivity contribution in [3.05, 3.63) is 12.2 Å². The molecule has 0 aromatic heterocycles. The van der Waals surface area contributed by atoms with Crippen LogP contribution in [-0.2, 0) is 19.2 Å². The molecular weight excluding hydrogens is 188 g/mol. The van der Waals surface area contributed by atoms with Gasteiger partial charge in [0.15, 0.2) is 0 Å². The van der Waals surface area contributed by atoms with Crippen molar-refractivity contribution in [3.63, 3.8) is 0 Å². The molecule has 0 unspecified atom stereocenters. The fraction of sp³-hybridized carbons (Fsp3) is 0.500. The lowest BCUT2D eigenvalue weighted by Crippen LogP contribution is -2.27. The Balaban J connectivity index is 3.53. The number of hydrogen-bond donors (Lipinski definition) is 2. The van der Waals surface area contributed by atoms with E-state index < -0.39 is 11.9 Å². The summed E-state index contributed by atoms with van der Waals surface area (Å²) in [5, 5.41) is 0. The molecule has 0 heterocycles. The minimum Gasteiger partial charge on any atom is -0.463 e. The van der Waals surface area contributed by atoms with Gasteiger partial charge in [-0.05, 0) is 6.92 Å². The smallest absolute Gasteiger partial charge is 0.334 e. The largest absolute Gasteiger partial charge is 0.463 e. The van der Waals surface area contributed by atoms with Crippen molar-refractivity contribution in [3.8, 4) is 0 Å². The molecule has 6 nitrogen and oxygen atoms in total. The summed E-state index contributed by atoms with van der Waals surface area (Å²) in [6.07, 6.45) is 0. The molecule has 0 bridgehead atoms. The average Bonchev–Trinajstić information content (AvgIpc) is 2.12. The number of rotatable bonds is 7. The number of nitrogens with two attached hydrogens (primary N) is 1. The first-order valence-electron chi connectivity index (χ1n) is 4.05. The molecule has 80 valence electrons. The molecule has 0 aromatic rings. The molecule has 0 saturated heterocycles. The van der Waals surface area contributed by atoms with Crippen molar-refractivity contribution in [2.75, 3.05) is 19.8 Å². The predicted octanol–water partition coefficient (Wildman–Crippen LogP) is -0.888. The second-order valence-electron chi connectivity index (χ2n) is 2.40. The molecule has 0 rings (SSSR count). The van der Waals surface area contributed by atoms with Gasteiger partial charge in [-0.15, -0.1) is 0 Å². The van der Waals surface area contributed by atoms with Crippen LogP contribution >= 0.6 is 0 Å². The molecule has 0 atom stereocenters. The van der Waals surface area contributed by atoms with E-state index in [0.29, 0.717) is 6.61 Å². The molecule has 0 aliphatic carbocycles. The second-order valence-corrected chi connectivity index (χ2v) is 2.40.